The Morgan fingerprint density at radius 1 is 1.16 bits per heavy atom. The average molecular weight is 425 g/mol. The van der Waals surface area contributed by atoms with E-state index >= 15 is 0 Å². The molecule has 1 spiro atoms. The molecule has 5 rings (SSSR count). The molecule has 162 valence electrons. The summed E-state index contributed by atoms with van der Waals surface area (Å²) in [5.41, 5.74) is 1.96. The van der Waals surface area contributed by atoms with Crippen molar-refractivity contribution in [2.75, 3.05) is 18.4 Å². The summed E-state index contributed by atoms with van der Waals surface area (Å²) in [6.45, 7) is 6.13. The van der Waals surface area contributed by atoms with Gasteiger partial charge in [0.25, 0.3) is 0 Å². The van der Waals surface area contributed by atoms with E-state index in [2.05, 4.69) is 38.6 Å². The maximum Gasteiger partial charge on any atom is 0.249 e. The number of hydrogen-bond acceptors (Lipinski definition) is 4. The number of anilines is 1. The van der Waals surface area contributed by atoms with Crippen LogP contribution in [0.2, 0.25) is 0 Å². The summed E-state index contributed by atoms with van der Waals surface area (Å²) in [4.78, 5) is 21.8. The highest BCUT2D eigenvalue weighted by Crippen LogP contribution is 2.43. The quantitative estimate of drug-likeness (QED) is 0.669. The summed E-state index contributed by atoms with van der Waals surface area (Å²) in [5, 5.41) is 3.67. The number of fused-ring (bicyclic) bond motifs is 4. The average Bonchev–Trinajstić information content (AvgIpc) is 3.19. The van der Waals surface area contributed by atoms with Gasteiger partial charge < -0.3 is 10.3 Å². The normalized spacial score (nSPS) is 17.5. The molecule has 3 aromatic rings. The topological polar surface area (TPSA) is 66.0 Å². The van der Waals surface area contributed by atoms with E-state index < -0.39 is 11.6 Å². The molecule has 2 aliphatic rings. The molecule has 1 fully saturated rings. The largest absolute Gasteiger partial charge is 0.371 e. The van der Waals surface area contributed by atoms with Crippen LogP contribution in [0.15, 0.2) is 41.3 Å². The van der Waals surface area contributed by atoms with Gasteiger partial charge in [0, 0.05) is 43.2 Å². The predicted molar refractivity (Wildman–Crippen MR) is 114 cm³/mol. The van der Waals surface area contributed by atoms with Crippen LogP contribution in [0, 0.1) is 11.6 Å². The Labute approximate surface area is 178 Å². The van der Waals surface area contributed by atoms with Crippen LogP contribution in [-0.2, 0) is 12.1 Å². The number of aromatic amines is 1. The molecular formula is C23H25F2N5O. The van der Waals surface area contributed by atoms with E-state index in [0.29, 0.717) is 12.1 Å². The van der Waals surface area contributed by atoms with Crippen LogP contribution in [0.5, 0.6) is 0 Å². The second-order valence-corrected chi connectivity index (χ2v) is 8.80. The number of nitrogens with one attached hydrogen (secondary N) is 2. The smallest absolute Gasteiger partial charge is 0.249 e. The van der Waals surface area contributed by atoms with Crippen LogP contribution in [0.1, 0.15) is 49.7 Å². The first-order valence-corrected chi connectivity index (χ1v) is 10.6. The maximum atomic E-state index is 14.1. The minimum absolute atomic E-state index is 0.151. The van der Waals surface area contributed by atoms with E-state index in [4.69, 9.17) is 0 Å². The third kappa shape index (κ3) is 3.35. The Hall–Kier alpha value is -3.00. The van der Waals surface area contributed by atoms with Crippen molar-refractivity contribution in [3.63, 3.8) is 0 Å². The van der Waals surface area contributed by atoms with Gasteiger partial charge in [-0.2, -0.15) is 0 Å². The van der Waals surface area contributed by atoms with Crippen LogP contribution in [0.25, 0.3) is 5.82 Å². The fourth-order valence-corrected chi connectivity index (χ4v) is 4.77. The van der Waals surface area contributed by atoms with Crippen LogP contribution in [0.4, 0.5) is 14.5 Å². The number of benzene rings is 1. The van der Waals surface area contributed by atoms with E-state index in [-0.39, 0.29) is 17.0 Å². The zero-order valence-corrected chi connectivity index (χ0v) is 17.6. The zero-order valence-electron chi connectivity index (χ0n) is 17.6. The Morgan fingerprint density at radius 3 is 2.65 bits per heavy atom. The van der Waals surface area contributed by atoms with E-state index in [0.717, 1.165) is 55.0 Å². The third-order valence-corrected chi connectivity index (χ3v) is 6.41. The summed E-state index contributed by atoms with van der Waals surface area (Å²) >= 11 is 0. The van der Waals surface area contributed by atoms with Crippen LogP contribution < -0.4 is 10.9 Å². The number of hydrogen-bond donors (Lipinski definition) is 2. The molecule has 2 N–H and O–H groups in total. The Bertz CT molecular complexity index is 1190. The van der Waals surface area contributed by atoms with Crippen molar-refractivity contribution in [2.24, 2.45) is 0 Å². The van der Waals surface area contributed by atoms with E-state index in [1.54, 1.807) is 0 Å². The fraction of sp³-hybridized carbons (Fsp3) is 0.391. The highest BCUT2D eigenvalue weighted by Gasteiger charge is 2.43. The molecule has 0 atom stereocenters. The summed E-state index contributed by atoms with van der Waals surface area (Å²) in [5.74, 6) is 0.770. The molecule has 0 aliphatic carbocycles. The van der Waals surface area contributed by atoms with Gasteiger partial charge in [0.15, 0.2) is 0 Å². The number of halogens is 2. The van der Waals surface area contributed by atoms with Crippen LogP contribution in [0.3, 0.4) is 0 Å². The first-order valence-electron chi connectivity index (χ1n) is 10.6. The second-order valence-electron chi connectivity index (χ2n) is 8.80. The number of pyridine rings is 1. The van der Waals surface area contributed by atoms with Gasteiger partial charge in [0.05, 0.1) is 23.1 Å². The Balaban J connectivity index is 1.45. The van der Waals surface area contributed by atoms with Crippen molar-refractivity contribution < 1.29 is 8.78 Å². The Morgan fingerprint density at radius 2 is 1.94 bits per heavy atom. The molecule has 1 aromatic carbocycles. The van der Waals surface area contributed by atoms with E-state index in [1.807, 2.05) is 12.3 Å². The number of likely N-dealkylation sites (tertiary alicyclic amines) is 1. The van der Waals surface area contributed by atoms with Gasteiger partial charge in [0.2, 0.25) is 5.56 Å². The summed E-state index contributed by atoms with van der Waals surface area (Å²) in [6.07, 6.45) is 3.51. The van der Waals surface area contributed by atoms with Crippen molar-refractivity contribution >= 4 is 5.69 Å². The lowest BCUT2D eigenvalue weighted by atomic mass is 9.82. The van der Waals surface area contributed by atoms with Gasteiger partial charge in [-0.1, -0.05) is 19.9 Å². The molecular weight excluding hydrogens is 400 g/mol. The first kappa shape index (κ1) is 19.9. The predicted octanol–water partition coefficient (Wildman–Crippen LogP) is 3.88. The Kier molecular flexibility index (Phi) is 4.69. The molecule has 4 heterocycles. The van der Waals surface area contributed by atoms with E-state index in [9.17, 15) is 13.6 Å². The van der Waals surface area contributed by atoms with Gasteiger partial charge in [-0.25, -0.2) is 13.8 Å². The van der Waals surface area contributed by atoms with Gasteiger partial charge >= 0.3 is 0 Å². The van der Waals surface area contributed by atoms with Crippen LogP contribution >= 0.6 is 0 Å². The van der Waals surface area contributed by atoms with Gasteiger partial charge in [-0.15, -0.1) is 0 Å². The van der Waals surface area contributed by atoms with Crippen molar-refractivity contribution in [1.29, 1.82) is 0 Å². The standard InChI is InChI=1S/C23H25F2N5O/c1-14(2)21-26-12-19-23(28-18-5-6-20(31)27-22(18)30(19)21)7-9-29(10-8-23)13-15-3-4-16(24)11-17(15)25/h3-6,11-12,14,28H,7-10,13H2,1-2H3,(H,27,31). The maximum absolute atomic E-state index is 14.1. The van der Waals surface area contributed by atoms with Gasteiger partial charge in [-0.05, 0) is 25.0 Å². The highest BCUT2D eigenvalue weighted by molar-refractivity contribution is 5.63. The second kappa shape index (κ2) is 7.30. The third-order valence-electron chi connectivity index (χ3n) is 6.41. The lowest BCUT2D eigenvalue weighted by molar-refractivity contribution is 0.160. The zero-order chi connectivity index (χ0) is 21.8. The minimum atomic E-state index is -0.559. The van der Waals surface area contributed by atoms with Gasteiger partial charge in [0.1, 0.15) is 23.3 Å². The molecule has 6 nitrogen and oxygen atoms in total. The molecule has 1 saturated heterocycles. The lowest BCUT2D eigenvalue weighted by Gasteiger charge is -2.46. The SMILES string of the molecule is CC(C)c1ncc2n1-c1[nH]c(=O)ccc1NC21CCN(Cc2ccc(F)cc2F)CC1. The van der Waals surface area contributed by atoms with Crippen molar-refractivity contribution in [3.8, 4) is 5.82 Å². The van der Waals surface area contributed by atoms with Crippen LogP contribution in [-0.4, -0.2) is 32.5 Å². The molecule has 8 heteroatoms. The van der Waals surface area contributed by atoms with E-state index in [1.165, 1.54) is 18.2 Å². The summed E-state index contributed by atoms with van der Waals surface area (Å²) < 4.78 is 29.4. The molecule has 0 bridgehead atoms. The number of imidazole rings is 1. The number of piperidine rings is 1. The monoisotopic (exact) mass is 425 g/mol. The summed E-state index contributed by atoms with van der Waals surface area (Å²) in [6, 6.07) is 7.11. The molecule has 2 aliphatic heterocycles. The molecule has 0 saturated carbocycles. The molecule has 2 aromatic heterocycles. The fourth-order valence-electron chi connectivity index (χ4n) is 4.77. The van der Waals surface area contributed by atoms with Gasteiger partial charge in [-0.3, -0.25) is 14.3 Å². The molecule has 31 heavy (non-hydrogen) atoms. The van der Waals surface area contributed by atoms with Crippen molar-refractivity contribution in [1.82, 2.24) is 19.4 Å². The first-order chi connectivity index (χ1) is 14.9. The molecule has 0 radical (unpaired) electrons. The minimum Gasteiger partial charge on any atom is -0.371 e. The van der Waals surface area contributed by atoms with Crippen molar-refractivity contribution in [3.05, 3.63) is 75.6 Å². The number of H-pyrrole nitrogens is 1. The summed E-state index contributed by atoms with van der Waals surface area (Å²) in [7, 11) is 0. The number of rotatable bonds is 3. The lowest BCUT2D eigenvalue weighted by Crippen LogP contribution is -2.50. The molecule has 0 unspecified atom stereocenters. The number of nitrogens with zero attached hydrogens (tertiary/aromatic N) is 3. The highest BCUT2D eigenvalue weighted by atomic mass is 19.1. The van der Waals surface area contributed by atoms with Crippen molar-refractivity contribution in [2.45, 2.75) is 44.7 Å². The number of aromatic nitrogens is 3. The molecule has 0 amide bonds.